The molecule has 0 saturated heterocycles. The number of nitrogens with one attached hydrogen (secondary N) is 2. The molecule has 1 rings (SSSR count). The van der Waals surface area contributed by atoms with Crippen LogP contribution in [0.1, 0.15) is 51.9 Å². The molecule has 5 heteroatoms. The van der Waals surface area contributed by atoms with E-state index in [0.717, 1.165) is 12.3 Å². The van der Waals surface area contributed by atoms with Crippen molar-refractivity contribution in [1.82, 2.24) is 10.6 Å². The molecule has 0 aromatic carbocycles. The fourth-order valence-electron chi connectivity index (χ4n) is 2.57. The number of carbonyl (C=O) groups is 2. The van der Waals surface area contributed by atoms with Crippen LogP contribution in [0.3, 0.4) is 0 Å². The minimum Gasteiger partial charge on any atom is -0.481 e. The molecule has 5 nitrogen and oxygen atoms in total. The zero-order chi connectivity index (χ0) is 14.1. The lowest BCUT2D eigenvalue weighted by Crippen LogP contribution is -2.39. The Morgan fingerprint density at radius 2 is 1.89 bits per heavy atom. The molecule has 0 aliphatic heterocycles. The Morgan fingerprint density at radius 1 is 1.21 bits per heavy atom. The highest BCUT2D eigenvalue weighted by Crippen LogP contribution is 2.25. The molecule has 0 heterocycles. The van der Waals surface area contributed by atoms with Crippen molar-refractivity contribution < 1.29 is 14.7 Å². The predicted molar refractivity (Wildman–Crippen MR) is 74.0 cm³/mol. The summed E-state index contributed by atoms with van der Waals surface area (Å²) in [5.41, 5.74) is 0. The maximum Gasteiger partial charge on any atom is 0.314 e. The van der Waals surface area contributed by atoms with Gasteiger partial charge in [0.2, 0.25) is 0 Å². The molecular formula is C14H26N2O3. The van der Waals surface area contributed by atoms with E-state index in [1.54, 1.807) is 0 Å². The molecule has 0 aromatic rings. The van der Waals surface area contributed by atoms with E-state index in [2.05, 4.69) is 10.6 Å². The molecule has 0 radical (unpaired) electrons. The van der Waals surface area contributed by atoms with Gasteiger partial charge in [-0.2, -0.15) is 0 Å². The number of hydrogen-bond acceptors (Lipinski definition) is 2. The molecule has 19 heavy (non-hydrogen) atoms. The van der Waals surface area contributed by atoms with Crippen LogP contribution >= 0.6 is 0 Å². The lowest BCUT2D eigenvalue weighted by molar-refractivity contribution is -0.137. The van der Waals surface area contributed by atoms with Crippen molar-refractivity contribution in [1.29, 1.82) is 0 Å². The Labute approximate surface area is 115 Å². The summed E-state index contributed by atoms with van der Waals surface area (Å²) in [6.45, 7) is 2.93. The maximum absolute atomic E-state index is 11.5. The van der Waals surface area contributed by atoms with Gasteiger partial charge >= 0.3 is 12.0 Å². The molecular weight excluding hydrogens is 244 g/mol. The van der Waals surface area contributed by atoms with E-state index in [1.165, 1.54) is 32.1 Å². The summed E-state index contributed by atoms with van der Waals surface area (Å²) in [5.74, 6) is -0.103. The molecule has 1 atom stereocenters. The lowest BCUT2D eigenvalue weighted by Gasteiger charge is -2.21. The molecule has 2 amide bonds. The Morgan fingerprint density at radius 3 is 2.53 bits per heavy atom. The third kappa shape index (κ3) is 7.70. The second-order valence-corrected chi connectivity index (χ2v) is 5.63. The van der Waals surface area contributed by atoms with Gasteiger partial charge in [-0.25, -0.2) is 4.79 Å². The van der Waals surface area contributed by atoms with E-state index < -0.39 is 5.97 Å². The molecule has 0 spiro atoms. The summed E-state index contributed by atoms with van der Waals surface area (Å²) in [6, 6.07) is -0.187. The molecule has 1 unspecified atom stereocenters. The number of aliphatic carboxylic acids is 1. The van der Waals surface area contributed by atoms with Crippen LogP contribution in [0.2, 0.25) is 0 Å². The number of amides is 2. The Balaban J connectivity index is 2.02. The van der Waals surface area contributed by atoms with E-state index in [-0.39, 0.29) is 18.4 Å². The van der Waals surface area contributed by atoms with Crippen LogP contribution in [0.4, 0.5) is 4.79 Å². The zero-order valence-electron chi connectivity index (χ0n) is 11.8. The fourth-order valence-corrected chi connectivity index (χ4v) is 2.57. The zero-order valence-corrected chi connectivity index (χ0v) is 11.8. The van der Waals surface area contributed by atoms with E-state index in [0.29, 0.717) is 13.1 Å². The summed E-state index contributed by atoms with van der Waals surface area (Å²) in [5, 5.41) is 14.2. The molecule has 1 fully saturated rings. The summed E-state index contributed by atoms with van der Waals surface area (Å²) < 4.78 is 0. The second kappa shape index (κ2) is 8.77. The monoisotopic (exact) mass is 270 g/mol. The molecule has 0 aromatic heterocycles. The van der Waals surface area contributed by atoms with Crippen LogP contribution in [0.15, 0.2) is 0 Å². The minimum atomic E-state index is -0.827. The van der Waals surface area contributed by atoms with Crippen LogP contribution in [-0.4, -0.2) is 30.2 Å². The summed E-state index contributed by atoms with van der Waals surface area (Å²) in [6.07, 6.45) is 7.72. The van der Waals surface area contributed by atoms with Crippen LogP contribution in [0, 0.1) is 11.8 Å². The van der Waals surface area contributed by atoms with Crippen molar-refractivity contribution in [2.24, 2.45) is 11.8 Å². The van der Waals surface area contributed by atoms with E-state index >= 15 is 0 Å². The van der Waals surface area contributed by atoms with E-state index in [1.807, 2.05) is 6.92 Å². The Bertz CT molecular complexity index is 288. The molecule has 3 N–H and O–H groups in total. The van der Waals surface area contributed by atoms with Gasteiger partial charge < -0.3 is 15.7 Å². The first-order chi connectivity index (χ1) is 9.08. The third-order valence-corrected chi connectivity index (χ3v) is 3.70. The van der Waals surface area contributed by atoms with Crippen LogP contribution in [0.25, 0.3) is 0 Å². The molecule has 110 valence electrons. The molecule has 0 bridgehead atoms. The highest BCUT2D eigenvalue weighted by Gasteiger charge is 2.13. The van der Waals surface area contributed by atoms with E-state index in [4.69, 9.17) is 5.11 Å². The number of urea groups is 1. The topological polar surface area (TPSA) is 78.4 Å². The van der Waals surface area contributed by atoms with Gasteiger partial charge in [0.05, 0.1) is 0 Å². The van der Waals surface area contributed by atoms with Crippen LogP contribution < -0.4 is 10.6 Å². The average Bonchev–Trinajstić information content (AvgIpc) is 2.37. The van der Waals surface area contributed by atoms with E-state index in [9.17, 15) is 9.59 Å². The van der Waals surface area contributed by atoms with Crippen molar-refractivity contribution >= 4 is 12.0 Å². The predicted octanol–water partition coefficient (Wildman–Crippen LogP) is 2.37. The van der Waals surface area contributed by atoms with Crippen LogP contribution in [-0.2, 0) is 4.79 Å². The van der Waals surface area contributed by atoms with Gasteiger partial charge in [-0.05, 0) is 18.3 Å². The maximum atomic E-state index is 11.5. The number of carboxylic acid groups (broad SMARTS) is 1. The highest BCUT2D eigenvalue weighted by molar-refractivity contribution is 5.73. The SMILES string of the molecule is CC(CNC(=O)NCCC1CCCCC1)CC(=O)O. The molecule has 1 aliphatic carbocycles. The van der Waals surface area contributed by atoms with Crippen molar-refractivity contribution in [3.05, 3.63) is 0 Å². The van der Waals surface area contributed by atoms with Crippen LogP contribution in [0.5, 0.6) is 0 Å². The Hall–Kier alpha value is -1.26. The summed E-state index contributed by atoms with van der Waals surface area (Å²) in [4.78, 5) is 22.0. The standard InChI is InChI=1S/C14H26N2O3/c1-11(9-13(17)18)10-16-14(19)15-8-7-12-5-3-2-4-6-12/h11-12H,2-10H2,1H3,(H,17,18)(H2,15,16,19). The fraction of sp³-hybridized carbons (Fsp3) is 0.857. The average molecular weight is 270 g/mol. The number of rotatable bonds is 7. The van der Waals surface area contributed by atoms with Gasteiger partial charge in [0, 0.05) is 19.5 Å². The summed E-state index contributed by atoms with van der Waals surface area (Å²) in [7, 11) is 0. The molecule has 1 saturated carbocycles. The first-order valence-electron chi connectivity index (χ1n) is 7.31. The number of carboxylic acids is 1. The van der Waals surface area contributed by atoms with Crippen molar-refractivity contribution in [3.8, 4) is 0 Å². The van der Waals surface area contributed by atoms with Gasteiger partial charge in [0.15, 0.2) is 0 Å². The molecule has 1 aliphatic rings. The first-order valence-corrected chi connectivity index (χ1v) is 7.31. The second-order valence-electron chi connectivity index (χ2n) is 5.63. The van der Waals surface area contributed by atoms with Crippen molar-refractivity contribution in [2.45, 2.75) is 51.9 Å². The van der Waals surface area contributed by atoms with Gasteiger partial charge in [-0.3, -0.25) is 4.79 Å². The number of carbonyl (C=O) groups excluding carboxylic acids is 1. The normalized spacial score (nSPS) is 17.7. The van der Waals surface area contributed by atoms with Gasteiger partial charge in [0.25, 0.3) is 0 Å². The summed E-state index contributed by atoms with van der Waals surface area (Å²) >= 11 is 0. The van der Waals surface area contributed by atoms with Gasteiger partial charge in [0.1, 0.15) is 0 Å². The number of hydrogen-bond donors (Lipinski definition) is 3. The van der Waals surface area contributed by atoms with Gasteiger partial charge in [-0.15, -0.1) is 0 Å². The largest absolute Gasteiger partial charge is 0.481 e. The minimum absolute atomic E-state index is 0.0402. The third-order valence-electron chi connectivity index (χ3n) is 3.70. The van der Waals surface area contributed by atoms with Crippen molar-refractivity contribution in [2.75, 3.05) is 13.1 Å². The smallest absolute Gasteiger partial charge is 0.314 e. The Kier molecular flexibility index (Phi) is 7.30. The quantitative estimate of drug-likeness (QED) is 0.664. The highest BCUT2D eigenvalue weighted by atomic mass is 16.4. The van der Waals surface area contributed by atoms with Gasteiger partial charge in [-0.1, -0.05) is 39.0 Å². The van der Waals surface area contributed by atoms with Crippen molar-refractivity contribution in [3.63, 3.8) is 0 Å². The first kappa shape index (κ1) is 15.8. The lowest BCUT2D eigenvalue weighted by atomic mass is 9.87.